The molecule has 28 heteroatoms. The largest absolute Gasteiger partial charge is 0.394 e. The van der Waals surface area contributed by atoms with E-state index >= 15 is 0 Å². The van der Waals surface area contributed by atoms with Crippen molar-refractivity contribution in [2.75, 3.05) is 39.5 Å². The van der Waals surface area contributed by atoms with Crippen LogP contribution in [-0.2, 0) is 47.5 Å². The van der Waals surface area contributed by atoms with E-state index in [1.807, 2.05) is 31.2 Å². The summed E-state index contributed by atoms with van der Waals surface area (Å²) >= 11 is 0. The van der Waals surface area contributed by atoms with E-state index in [4.69, 9.17) is 33.2 Å². The van der Waals surface area contributed by atoms with Gasteiger partial charge in [-0.15, -0.1) is 10.2 Å². The van der Waals surface area contributed by atoms with Gasteiger partial charge in [-0.1, -0.05) is 78.4 Å². The van der Waals surface area contributed by atoms with Crippen LogP contribution >= 0.6 is 0 Å². The van der Waals surface area contributed by atoms with Crippen LogP contribution in [0.15, 0.2) is 60.9 Å². The predicted octanol–water partition coefficient (Wildman–Crippen LogP) is -0.447. The highest BCUT2D eigenvalue weighted by molar-refractivity contribution is 5.81. The van der Waals surface area contributed by atoms with E-state index in [1.54, 1.807) is 17.2 Å². The van der Waals surface area contributed by atoms with Gasteiger partial charge in [-0.05, 0) is 63.6 Å². The Hall–Kier alpha value is -5.54. The van der Waals surface area contributed by atoms with Crippen molar-refractivity contribution in [2.24, 2.45) is 11.8 Å². The second kappa shape index (κ2) is 28.3. The highest BCUT2D eigenvalue weighted by Crippen LogP contribution is 2.42. The molecule has 2 aromatic heterocycles. The molecule has 3 amide bonds. The Bertz CT molecular complexity index is 2900. The van der Waals surface area contributed by atoms with E-state index in [0.717, 1.165) is 49.7 Å². The fraction of sp³-hybridized carbons (Fsp3) is 0.672. The van der Waals surface area contributed by atoms with Crippen molar-refractivity contribution in [3.05, 3.63) is 72.3 Å². The second-order valence-corrected chi connectivity index (χ2v) is 23.5. The maximum absolute atomic E-state index is 14.8. The van der Waals surface area contributed by atoms with Crippen LogP contribution in [0, 0.1) is 24.6 Å². The van der Waals surface area contributed by atoms with Crippen LogP contribution in [0.1, 0.15) is 89.3 Å². The van der Waals surface area contributed by atoms with Gasteiger partial charge in [0.05, 0.1) is 50.5 Å². The summed E-state index contributed by atoms with van der Waals surface area (Å²) < 4.78 is 61.7. The SMILES string of the molecule is CC(=O)NC1C(O[C@@H](CC2CCCCC2)C(=O)N2CCC2)[C@@H](O)[C@H](CO)O[C@H]1O[C@@H]1CC(C(=O)NCCO[C@H]2OC(CO)[C@@H](O)C(n3cc(-c4cccc(C)c4)nn3)C2O)CC(n2cc(-c3cccc(F)c3)nn2)[C@H]1O[C@@H]1OC(C)[C@@H](O)[C@H](O)C1O. The number of likely N-dealkylation sites (tertiary alicyclic amines) is 1. The van der Waals surface area contributed by atoms with E-state index in [9.17, 15) is 59.6 Å². The Morgan fingerprint density at radius 1 is 0.744 bits per heavy atom. The van der Waals surface area contributed by atoms with Gasteiger partial charge in [0.25, 0.3) is 5.91 Å². The number of amides is 3. The maximum Gasteiger partial charge on any atom is 0.251 e. The zero-order chi connectivity index (χ0) is 60.9. The van der Waals surface area contributed by atoms with Gasteiger partial charge in [0.1, 0.15) is 96.4 Å². The third-order valence-corrected chi connectivity index (χ3v) is 17.5. The zero-order valence-corrected chi connectivity index (χ0v) is 48.2. The third-order valence-electron chi connectivity index (χ3n) is 17.5. The van der Waals surface area contributed by atoms with Gasteiger partial charge >= 0.3 is 0 Å². The lowest BCUT2D eigenvalue weighted by Crippen LogP contribution is -2.67. The summed E-state index contributed by atoms with van der Waals surface area (Å²) in [6.45, 7) is 3.77. The minimum atomic E-state index is -1.85. The lowest BCUT2D eigenvalue weighted by Gasteiger charge is -2.49. The van der Waals surface area contributed by atoms with Crippen LogP contribution in [0.4, 0.5) is 4.39 Å². The fourth-order valence-electron chi connectivity index (χ4n) is 12.6. The van der Waals surface area contributed by atoms with Crippen LogP contribution < -0.4 is 10.6 Å². The Balaban J connectivity index is 0.941. The van der Waals surface area contributed by atoms with Gasteiger partial charge in [0.2, 0.25) is 11.8 Å². The van der Waals surface area contributed by atoms with E-state index in [-0.39, 0.29) is 43.5 Å². The van der Waals surface area contributed by atoms with Gasteiger partial charge in [0.15, 0.2) is 18.9 Å². The maximum atomic E-state index is 14.8. The van der Waals surface area contributed by atoms with Crippen LogP contribution in [0.3, 0.4) is 0 Å². The number of nitrogens with one attached hydrogen (secondary N) is 2. The molecule has 2 saturated carbocycles. The summed E-state index contributed by atoms with van der Waals surface area (Å²) in [6.07, 6.45) is -14.8. The molecule has 4 aliphatic heterocycles. The first kappa shape index (κ1) is 63.5. The first-order valence-corrected chi connectivity index (χ1v) is 29.7. The minimum absolute atomic E-state index is 0.108. The summed E-state index contributed by atoms with van der Waals surface area (Å²) in [5.41, 5.74) is 2.75. The number of aliphatic hydroxyl groups is 8. The smallest absolute Gasteiger partial charge is 0.251 e. The van der Waals surface area contributed by atoms with E-state index in [1.165, 1.54) is 47.6 Å². The number of carbonyl (C=O) groups excluding carboxylic acids is 3. The first-order valence-electron chi connectivity index (χ1n) is 29.7. The van der Waals surface area contributed by atoms with Crippen molar-refractivity contribution >= 4 is 17.7 Å². The molecule has 0 spiro atoms. The number of hydrogen-bond donors (Lipinski definition) is 10. The molecule has 0 bridgehead atoms. The Kier molecular flexibility index (Phi) is 20.9. The quantitative estimate of drug-likeness (QED) is 0.0473. The molecule has 6 heterocycles. The van der Waals surface area contributed by atoms with Crippen molar-refractivity contribution in [3.8, 4) is 22.5 Å². The van der Waals surface area contributed by atoms with Gasteiger partial charge in [-0.2, -0.15) is 0 Å². The van der Waals surface area contributed by atoms with E-state index in [0.29, 0.717) is 30.8 Å². The molecule has 472 valence electrons. The molecule has 4 aromatic rings. The summed E-state index contributed by atoms with van der Waals surface area (Å²) in [5.74, 6) is -2.91. The topological polar surface area (TPSA) is 366 Å². The first-order chi connectivity index (χ1) is 41.4. The number of aryl methyl sites for hydroxylation is 1. The molecule has 2 aromatic carbocycles. The lowest BCUT2D eigenvalue weighted by atomic mass is 9.80. The molecule has 6 aliphatic rings. The van der Waals surface area contributed by atoms with Crippen molar-refractivity contribution < 1.29 is 92.8 Å². The highest BCUT2D eigenvalue weighted by Gasteiger charge is 2.54. The van der Waals surface area contributed by atoms with Gasteiger partial charge < -0.3 is 89.5 Å². The van der Waals surface area contributed by atoms with Crippen LogP contribution in [0.5, 0.6) is 0 Å². The fourth-order valence-corrected chi connectivity index (χ4v) is 12.6. The molecule has 6 fully saturated rings. The number of nitrogens with zero attached hydrogens (tertiary/aromatic N) is 7. The average molecular weight is 1210 g/mol. The number of halogens is 1. The average Bonchev–Trinajstić information content (AvgIpc) is 1.44. The summed E-state index contributed by atoms with van der Waals surface area (Å²) in [4.78, 5) is 44.0. The minimum Gasteiger partial charge on any atom is -0.394 e. The molecule has 9 unspecified atom stereocenters. The van der Waals surface area contributed by atoms with Gasteiger partial charge in [-0.25, -0.2) is 13.8 Å². The number of hydrogen-bond acceptors (Lipinski definition) is 22. The number of aromatic nitrogens is 6. The van der Waals surface area contributed by atoms with Gasteiger partial charge in [-0.3, -0.25) is 14.4 Å². The molecule has 4 saturated heterocycles. The van der Waals surface area contributed by atoms with E-state index in [2.05, 4.69) is 31.3 Å². The normalized spacial score (nSPS) is 34.7. The van der Waals surface area contributed by atoms with Crippen LogP contribution in [0.25, 0.3) is 22.5 Å². The predicted molar refractivity (Wildman–Crippen MR) is 296 cm³/mol. The molecular formula is C58H80FN9O18. The van der Waals surface area contributed by atoms with Gasteiger partial charge in [0, 0.05) is 43.6 Å². The number of aliphatic hydroxyl groups excluding tert-OH is 8. The van der Waals surface area contributed by atoms with Crippen molar-refractivity contribution in [3.63, 3.8) is 0 Å². The summed E-state index contributed by atoms with van der Waals surface area (Å²) in [6, 6.07) is 9.44. The molecule has 86 heavy (non-hydrogen) atoms. The van der Waals surface area contributed by atoms with E-state index < -0.39 is 153 Å². The Morgan fingerprint density at radius 2 is 1.42 bits per heavy atom. The van der Waals surface area contributed by atoms with Crippen LogP contribution in [-0.4, -0.2) is 237 Å². The lowest BCUT2D eigenvalue weighted by molar-refractivity contribution is -0.337. The number of ether oxygens (including phenoxy) is 7. The zero-order valence-electron chi connectivity index (χ0n) is 48.2. The molecule has 2 aliphatic carbocycles. The standard InChI is InChI=1S/C58H80FN9O18/c1-29-10-7-13-33(20-29)38-26-68(65-63-38)45-47(73)42(27-69)85-57(49(45)75)80-19-16-60-54(78)35-23-39(67-25-37(62-64-67)34-14-8-15-36(59)22-34)52(86-58-51(77)50(76)46(72)30(2)81-58)40(24-35)83-56-44(61-31(3)71)53(48(74)43(28-70)84-56)82-41(55(79)66-17-9-18-66)21-32-11-5-4-6-12-32/h7-8,10,13-15,20,22,25-26,30,32,35,39-53,56-58,69-70,72-77H,4-6,9,11-12,16-19,21,23-24,27-28H2,1-3H3,(H,60,78)(H,61,71)/t30?,35?,39?,40-,41+,42?,43+,44?,45?,46-,47-,48+,49?,50+,51?,52-,53?,56-,57+,58+/m1/s1. The Morgan fingerprint density at radius 3 is 2.09 bits per heavy atom. The monoisotopic (exact) mass is 1210 g/mol. The molecule has 20 atom stereocenters. The van der Waals surface area contributed by atoms with Crippen molar-refractivity contribution in [2.45, 2.75) is 195 Å². The molecule has 10 rings (SSSR count). The summed E-state index contributed by atoms with van der Waals surface area (Å²) in [5, 5.41) is 112. The second-order valence-electron chi connectivity index (χ2n) is 23.5. The molecule has 27 nitrogen and oxygen atoms in total. The highest BCUT2D eigenvalue weighted by atomic mass is 19.1. The van der Waals surface area contributed by atoms with Crippen LogP contribution in [0.2, 0.25) is 0 Å². The summed E-state index contributed by atoms with van der Waals surface area (Å²) in [7, 11) is 0. The molecule has 0 radical (unpaired) electrons. The van der Waals surface area contributed by atoms with Crippen molar-refractivity contribution in [1.29, 1.82) is 0 Å². The number of benzene rings is 2. The number of rotatable bonds is 21. The number of carbonyl (C=O) groups is 3. The Labute approximate surface area is 495 Å². The molecule has 10 N–H and O–H groups in total. The third kappa shape index (κ3) is 14.3. The molecular weight excluding hydrogens is 1130 g/mol. The van der Waals surface area contributed by atoms with Crippen molar-refractivity contribution in [1.82, 2.24) is 45.5 Å².